The summed E-state index contributed by atoms with van der Waals surface area (Å²) < 4.78 is 18.4. The lowest BCUT2D eigenvalue weighted by Gasteiger charge is -2.03. The van der Waals surface area contributed by atoms with Crippen LogP contribution >= 0.6 is 0 Å². The van der Waals surface area contributed by atoms with Gasteiger partial charge in [-0.3, -0.25) is 9.78 Å². The molecule has 0 fully saturated rings. The number of nitrogens with zero attached hydrogens (tertiary/aromatic N) is 1. The van der Waals surface area contributed by atoms with Crippen LogP contribution in [0.3, 0.4) is 0 Å². The second kappa shape index (κ2) is 3.88. The van der Waals surface area contributed by atoms with Crippen LogP contribution in [0.2, 0.25) is 0 Å². The lowest BCUT2D eigenvalue weighted by Crippen LogP contribution is -2.07. The van der Waals surface area contributed by atoms with Gasteiger partial charge in [-0.15, -0.1) is 0 Å². The SMILES string of the molecule is O=C(O)c1cc(=O)c2cnc3ccc(F)cc3c2o1. The highest BCUT2D eigenvalue weighted by Gasteiger charge is 2.13. The van der Waals surface area contributed by atoms with Gasteiger partial charge in [0.2, 0.25) is 5.76 Å². The molecule has 2 heterocycles. The number of halogens is 1. The fourth-order valence-electron chi connectivity index (χ4n) is 1.87. The van der Waals surface area contributed by atoms with Crippen LogP contribution in [0.5, 0.6) is 0 Å². The molecule has 0 amide bonds. The maximum atomic E-state index is 13.3. The fraction of sp³-hybridized carbons (Fsp3) is 0. The third-order valence-electron chi connectivity index (χ3n) is 2.73. The maximum Gasteiger partial charge on any atom is 0.371 e. The first-order chi connectivity index (χ1) is 9.06. The van der Waals surface area contributed by atoms with Gasteiger partial charge in [0, 0.05) is 17.6 Å². The van der Waals surface area contributed by atoms with E-state index < -0.39 is 23.0 Å². The average molecular weight is 259 g/mol. The molecule has 1 N–H and O–H groups in total. The summed E-state index contributed by atoms with van der Waals surface area (Å²) in [5.41, 5.74) is -0.0914. The van der Waals surface area contributed by atoms with E-state index in [-0.39, 0.29) is 16.4 Å². The van der Waals surface area contributed by atoms with Gasteiger partial charge in [0.1, 0.15) is 11.4 Å². The largest absolute Gasteiger partial charge is 0.475 e. The molecule has 19 heavy (non-hydrogen) atoms. The molecule has 1 aromatic carbocycles. The van der Waals surface area contributed by atoms with E-state index >= 15 is 0 Å². The van der Waals surface area contributed by atoms with Gasteiger partial charge in [0.25, 0.3) is 0 Å². The summed E-state index contributed by atoms with van der Waals surface area (Å²) in [4.78, 5) is 26.7. The number of aromatic carboxylic acids is 1. The number of carboxylic acid groups (broad SMARTS) is 1. The summed E-state index contributed by atoms with van der Waals surface area (Å²) in [6.07, 6.45) is 1.28. The highest BCUT2D eigenvalue weighted by Crippen LogP contribution is 2.23. The van der Waals surface area contributed by atoms with Gasteiger partial charge >= 0.3 is 5.97 Å². The summed E-state index contributed by atoms with van der Waals surface area (Å²) in [7, 11) is 0. The third-order valence-corrected chi connectivity index (χ3v) is 2.73. The standard InChI is InChI=1S/C13H6FNO4/c14-6-1-2-9-7(3-6)12-8(5-15-9)10(16)4-11(19-12)13(17)18/h1-5H,(H,17,18). The van der Waals surface area contributed by atoms with Crippen molar-refractivity contribution in [3.05, 3.63) is 52.3 Å². The second-order valence-electron chi connectivity index (χ2n) is 3.94. The van der Waals surface area contributed by atoms with E-state index in [4.69, 9.17) is 9.52 Å². The molecule has 3 aromatic rings. The van der Waals surface area contributed by atoms with Crippen LogP contribution in [0.4, 0.5) is 4.39 Å². The lowest BCUT2D eigenvalue weighted by molar-refractivity contribution is 0.0663. The second-order valence-corrected chi connectivity index (χ2v) is 3.94. The van der Waals surface area contributed by atoms with Crippen LogP contribution in [0.25, 0.3) is 21.9 Å². The number of hydrogen-bond donors (Lipinski definition) is 1. The van der Waals surface area contributed by atoms with Crippen LogP contribution in [-0.4, -0.2) is 16.1 Å². The van der Waals surface area contributed by atoms with E-state index in [1.165, 1.54) is 18.3 Å². The normalized spacial score (nSPS) is 11.0. The third kappa shape index (κ3) is 1.74. The molecule has 0 aliphatic carbocycles. The van der Waals surface area contributed by atoms with E-state index in [1.807, 2.05) is 0 Å². The van der Waals surface area contributed by atoms with E-state index in [0.29, 0.717) is 5.52 Å². The molecule has 0 atom stereocenters. The van der Waals surface area contributed by atoms with Crippen molar-refractivity contribution in [2.75, 3.05) is 0 Å². The molecule has 6 heteroatoms. The van der Waals surface area contributed by atoms with E-state index in [9.17, 15) is 14.0 Å². The van der Waals surface area contributed by atoms with Gasteiger partial charge in [-0.1, -0.05) is 0 Å². The fourth-order valence-corrected chi connectivity index (χ4v) is 1.87. The molecule has 0 aliphatic heterocycles. The number of carbonyl (C=O) groups is 1. The zero-order valence-electron chi connectivity index (χ0n) is 9.38. The number of rotatable bonds is 1. The zero-order valence-corrected chi connectivity index (χ0v) is 9.38. The van der Waals surface area contributed by atoms with Crippen molar-refractivity contribution in [3.63, 3.8) is 0 Å². The van der Waals surface area contributed by atoms with Gasteiger partial charge < -0.3 is 9.52 Å². The molecule has 0 radical (unpaired) electrons. The molecule has 0 aliphatic rings. The highest BCUT2D eigenvalue weighted by atomic mass is 19.1. The van der Waals surface area contributed by atoms with Crippen molar-refractivity contribution in [2.45, 2.75) is 0 Å². The van der Waals surface area contributed by atoms with Crippen LogP contribution in [-0.2, 0) is 0 Å². The lowest BCUT2D eigenvalue weighted by atomic mass is 10.1. The topological polar surface area (TPSA) is 80.4 Å². The molecule has 0 spiro atoms. The number of hydrogen-bond acceptors (Lipinski definition) is 4. The number of benzene rings is 1. The summed E-state index contributed by atoms with van der Waals surface area (Å²) in [5, 5.41) is 9.25. The molecule has 0 saturated carbocycles. The summed E-state index contributed by atoms with van der Waals surface area (Å²) in [6, 6.07) is 4.68. The minimum atomic E-state index is -1.36. The Hall–Kier alpha value is -2.76. The molecule has 0 bridgehead atoms. The molecule has 5 nitrogen and oxygen atoms in total. The maximum absolute atomic E-state index is 13.3. The quantitative estimate of drug-likeness (QED) is 0.677. The van der Waals surface area contributed by atoms with Crippen LogP contribution < -0.4 is 5.43 Å². The minimum absolute atomic E-state index is 0.0226. The first-order valence-electron chi connectivity index (χ1n) is 5.31. The minimum Gasteiger partial charge on any atom is -0.475 e. The summed E-state index contributed by atoms with van der Waals surface area (Å²) in [5.74, 6) is -2.38. The summed E-state index contributed by atoms with van der Waals surface area (Å²) in [6.45, 7) is 0. The zero-order chi connectivity index (χ0) is 13.6. The molecular weight excluding hydrogens is 253 g/mol. The molecule has 0 saturated heterocycles. The number of aromatic nitrogens is 1. The number of fused-ring (bicyclic) bond motifs is 3. The van der Waals surface area contributed by atoms with Crippen molar-refractivity contribution in [1.29, 1.82) is 0 Å². The Morgan fingerprint density at radius 3 is 2.79 bits per heavy atom. The number of pyridine rings is 1. The van der Waals surface area contributed by atoms with E-state index in [0.717, 1.165) is 12.1 Å². The Bertz CT molecular complexity index is 885. The average Bonchev–Trinajstić information content (AvgIpc) is 2.38. The van der Waals surface area contributed by atoms with Gasteiger partial charge in [0.05, 0.1) is 10.9 Å². The van der Waals surface area contributed by atoms with Crippen molar-refractivity contribution in [3.8, 4) is 0 Å². The molecule has 2 aromatic heterocycles. The Morgan fingerprint density at radius 2 is 2.05 bits per heavy atom. The van der Waals surface area contributed by atoms with Gasteiger partial charge in [-0.2, -0.15) is 0 Å². The van der Waals surface area contributed by atoms with E-state index in [1.54, 1.807) is 0 Å². The highest BCUT2D eigenvalue weighted by molar-refractivity contribution is 6.02. The van der Waals surface area contributed by atoms with Gasteiger partial charge in [0.15, 0.2) is 5.43 Å². The van der Waals surface area contributed by atoms with Crippen molar-refractivity contribution < 1.29 is 18.7 Å². The van der Waals surface area contributed by atoms with Crippen LogP contribution in [0.15, 0.2) is 39.7 Å². The predicted molar refractivity (Wildman–Crippen MR) is 64.7 cm³/mol. The first kappa shape index (κ1) is 11.3. The molecular formula is C13H6FNO4. The van der Waals surface area contributed by atoms with Gasteiger partial charge in [-0.05, 0) is 18.2 Å². The smallest absolute Gasteiger partial charge is 0.371 e. The van der Waals surface area contributed by atoms with Gasteiger partial charge in [-0.25, -0.2) is 9.18 Å². The Morgan fingerprint density at radius 1 is 1.26 bits per heavy atom. The molecule has 0 unspecified atom stereocenters. The summed E-state index contributed by atoms with van der Waals surface area (Å²) >= 11 is 0. The molecule has 3 rings (SSSR count). The van der Waals surface area contributed by atoms with E-state index in [2.05, 4.69) is 4.98 Å². The van der Waals surface area contributed by atoms with Crippen LogP contribution in [0.1, 0.15) is 10.6 Å². The monoisotopic (exact) mass is 259 g/mol. The Labute approximate surface area is 104 Å². The Kier molecular flexibility index (Phi) is 2.31. The number of carboxylic acids is 1. The van der Waals surface area contributed by atoms with Crippen molar-refractivity contribution in [2.24, 2.45) is 0 Å². The van der Waals surface area contributed by atoms with Crippen molar-refractivity contribution in [1.82, 2.24) is 4.98 Å². The predicted octanol–water partition coefficient (Wildman–Crippen LogP) is 2.18. The Balaban J connectivity index is 2.55. The first-order valence-corrected chi connectivity index (χ1v) is 5.31. The molecule has 94 valence electrons. The van der Waals surface area contributed by atoms with Crippen LogP contribution in [0, 0.1) is 5.82 Å². The van der Waals surface area contributed by atoms with Crippen molar-refractivity contribution >= 4 is 27.8 Å².